The fraction of sp³-hybridized carbons (Fsp3) is 0.458. The van der Waals surface area contributed by atoms with E-state index in [2.05, 4.69) is 47.2 Å². The van der Waals surface area contributed by atoms with Gasteiger partial charge in [0.25, 0.3) is 0 Å². The van der Waals surface area contributed by atoms with Crippen LogP contribution in [0.15, 0.2) is 48.5 Å². The van der Waals surface area contributed by atoms with Gasteiger partial charge in [-0.3, -0.25) is 4.90 Å². The van der Waals surface area contributed by atoms with Crippen molar-refractivity contribution < 1.29 is 4.74 Å². The Morgan fingerprint density at radius 1 is 1.10 bits per heavy atom. The number of hydrogen-bond donors (Lipinski definition) is 1. The second kappa shape index (κ2) is 11.0. The summed E-state index contributed by atoms with van der Waals surface area (Å²) in [5.74, 6) is 0.834. The first-order valence-corrected chi connectivity index (χ1v) is 10.6. The van der Waals surface area contributed by atoms with Gasteiger partial charge in [0.05, 0.1) is 11.6 Å². The number of likely N-dealkylation sites (N-methyl/N-ethyl adjacent to an activating group) is 1. The van der Waals surface area contributed by atoms with Gasteiger partial charge in [0.2, 0.25) is 0 Å². The molecule has 1 atom stereocenters. The van der Waals surface area contributed by atoms with Crippen molar-refractivity contribution in [1.82, 2.24) is 15.1 Å². The summed E-state index contributed by atoms with van der Waals surface area (Å²) in [4.78, 5) is 5.09. The van der Waals surface area contributed by atoms with E-state index in [0.29, 0.717) is 18.2 Å². The van der Waals surface area contributed by atoms with Gasteiger partial charge in [0, 0.05) is 50.9 Å². The lowest BCUT2D eigenvalue weighted by Gasteiger charge is -2.37. The molecule has 0 saturated carbocycles. The van der Waals surface area contributed by atoms with Crippen LogP contribution in [0.5, 0.6) is 5.75 Å². The molecular weight excluding hydrogens is 360 g/mol. The van der Waals surface area contributed by atoms with Gasteiger partial charge in [-0.15, -0.1) is 0 Å². The lowest BCUT2D eigenvalue weighted by Crippen LogP contribution is -2.51. The van der Waals surface area contributed by atoms with Gasteiger partial charge < -0.3 is 15.0 Å². The number of hydrogen-bond acceptors (Lipinski definition) is 5. The number of nitrogens with one attached hydrogen (secondary N) is 1. The number of piperazine rings is 1. The molecule has 1 aliphatic heterocycles. The maximum absolute atomic E-state index is 9.20. The highest BCUT2D eigenvalue weighted by atomic mass is 16.5. The van der Waals surface area contributed by atoms with E-state index in [1.54, 1.807) is 0 Å². The topological polar surface area (TPSA) is 51.5 Å². The van der Waals surface area contributed by atoms with Crippen molar-refractivity contribution in [3.05, 3.63) is 65.2 Å². The average Bonchev–Trinajstić information content (AvgIpc) is 2.78. The summed E-state index contributed by atoms with van der Waals surface area (Å²) in [6, 6.07) is 18.5. The fourth-order valence-electron chi connectivity index (χ4n) is 3.74. The molecule has 2 aromatic carbocycles. The van der Waals surface area contributed by atoms with E-state index in [-0.39, 0.29) is 0 Å². The molecule has 0 aromatic heterocycles. The Hall–Kier alpha value is -2.39. The minimum Gasteiger partial charge on any atom is -0.489 e. The Labute approximate surface area is 174 Å². The van der Waals surface area contributed by atoms with Gasteiger partial charge in [-0.05, 0) is 37.2 Å². The van der Waals surface area contributed by atoms with Gasteiger partial charge in [0.1, 0.15) is 12.4 Å². The first-order valence-electron chi connectivity index (χ1n) is 10.6. The van der Waals surface area contributed by atoms with E-state index in [1.807, 2.05) is 36.4 Å². The van der Waals surface area contributed by atoms with Crippen LogP contribution in [0.2, 0.25) is 0 Å². The standard InChI is InChI=1S/C24H32N4O/c1-3-27-11-13-28(14-12-27)20(2)17-26-18-21-7-6-10-24(15-21)29-19-23-9-5-4-8-22(23)16-25/h4-10,15,20,26H,3,11-14,17-19H2,1-2H3. The van der Waals surface area contributed by atoms with Crippen LogP contribution in [-0.4, -0.2) is 55.1 Å². The summed E-state index contributed by atoms with van der Waals surface area (Å²) in [6.07, 6.45) is 0. The molecule has 0 aliphatic carbocycles. The monoisotopic (exact) mass is 392 g/mol. The summed E-state index contributed by atoms with van der Waals surface area (Å²) in [5, 5.41) is 12.8. The van der Waals surface area contributed by atoms with E-state index in [9.17, 15) is 5.26 Å². The predicted octanol–water partition coefficient (Wildman–Crippen LogP) is 3.25. The van der Waals surface area contributed by atoms with Gasteiger partial charge in [-0.25, -0.2) is 0 Å². The molecule has 154 valence electrons. The molecule has 0 bridgehead atoms. The zero-order valence-corrected chi connectivity index (χ0v) is 17.6. The van der Waals surface area contributed by atoms with Crippen LogP contribution in [0.4, 0.5) is 0 Å². The molecule has 3 rings (SSSR count). The fourth-order valence-corrected chi connectivity index (χ4v) is 3.74. The van der Waals surface area contributed by atoms with Crippen LogP contribution in [-0.2, 0) is 13.2 Å². The molecule has 5 nitrogen and oxygen atoms in total. The highest BCUT2D eigenvalue weighted by molar-refractivity contribution is 5.37. The molecule has 1 saturated heterocycles. The Kier molecular flexibility index (Phi) is 8.06. The quantitative estimate of drug-likeness (QED) is 0.710. The molecule has 1 fully saturated rings. The molecule has 1 heterocycles. The molecule has 1 N–H and O–H groups in total. The molecule has 0 spiro atoms. The third kappa shape index (κ3) is 6.30. The second-order valence-corrected chi connectivity index (χ2v) is 7.66. The Morgan fingerprint density at radius 3 is 2.66 bits per heavy atom. The second-order valence-electron chi connectivity index (χ2n) is 7.66. The van der Waals surface area contributed by atoms with E-state index in [4.69, 9.17) is 4.74 Å². The number of nitriles is 1. The molecule has 1 unspecified atom stereocenters. The van der Waals surface area contributed by atoms with E-state index < -0.39 is 0 Å². The predicted molar refractivity (Wildman–Crippen MR) is 117 cm³/mol. The maximum atomic E-state index is 9.20. The smallest absolute Gasteiger partial charge is 0.120 e. The lowest BCUT2D eigenvalue weighted by molar-refractivity contribution is 0.105. The largest absolute Gasteiger partial charge is 0.489 e. The van der Waals surface area contributed by atoms with Crippen LogP contribution in [0.3, 0.4) is 0 Å². The van der Waals surface area contributed by atoms with E-state index in [0.717, 1.165) is 44.0 Å². The molecule has 2 aromatic rings. The molecule has 0 radical (unpaired) electrons. The first-order chi connectivity index (χ1) is 14.2. The third-order valence-corrected chi connectivity index (χ3v) is 5.68. The van der Waals surface area contributed by atoms with Gasteiger partial charge >= 0.3 is 0 Å². The first kappa shape index (κ1) is 21.3. The van der Waals surface area contributed by atoms with Crippen LogP contribution in [0.1, 0.15) is 30.5 Å². The zero-order valence-electron chi connectivity index (χ0n) is 17.6. The Balaban J connectivity index is 1.44. The van der Waals surface area contributed by atoms with Crippen molar-refractivity contribution in [2.24, 2.45) is 0 Å². The molecule has 5 heteroatoms. The van der Waals surface area contributed by atoms with Crippen molar-refractivity contribution in [3.63, 3.8) is 0 Å². The molecule has 29 heavy (non-hydrogen) atoms. The summed E-state index contributed by atoms with van der Waals surface area (Å²) >= 11 is 0. The summed E-state index contributed by atoms with van der Waals surface area (Å²) in [7, 11) is 0. The Bertz CT molecular complexity index is 809. The van der Waals surface area contributed by atoms with Crippen molar-refractivity contribution in [2.45, 2.75) is 33.0 Å². The number of rotatable bonds is 9. The number of benzene rings is 2. The summed E-state index contributed by atoms with van der Waals surface area (Å²) < 4.78 is 5.93. The van der Waals surface area contributed by atoms with Gasteiger partial charge in [-0.2, -0.15) is 5.26 Å². The van der Waals surface area contributed by atoms with Gasteiger partial charge in [-0.1, -0.05) is 37.3 Å². The van der Waals surface area contributed by atoms with Crippen molar-refractivity contribution in [1.29, 1.82) is 5.26 Å². The number of ether oxygens (including phenoxy) is 1. The average molecular weight is 393 g/mol. The summed E-state index contributed by atoms with van der Waals surface area (Å²) in [5.41, 5.74) is 2.79. The zero-order chi connectivity index (χ0) is 20.5. The van der Waals surface area contributed by atoms with Gasteiger partial charge in [0.15, 0.2) is 0 Å². The minimum absolute atomic E-state index is 0.404. The van der Waals surface area contributed by atoms with Crippen molar-refractivity contribution in [3.8, 4) is 11.8 Å². The lowest BCUT2D eigenvalue weighted by atomic mass is 10.1. The van der Waals surface area contributed by atoms with Crippen LogP contribution < -0.4 is 10.1 Å². The molecular formula is C24H32N4O. The van der Waals surface area contributed by atoms with Crippen LogP contribution >= 0.6 is 0 Å². The van der Waals surface area contributed by atoms with Crippen LogP contribution in [0.25, 0.3) is 0 Å². The third-order valence-electron chi connectivity index (χ3n) is 5.68. The van der Waals surface area contributed by atoms with Crippen molar-refractivity contribution >= 4 is 0 Å². The van der Waals surface area contributed by atoms with Crippen molar-refractivity contribution in [2.75, 3.05) is 39.3 Å². The van der Waals surface area contributed by atoms with Crippen LogP contribution in [0, 0.1) is 11.3 Å². The minimum atomic E-state index is 0.404. The summed E-state index contributed by atoms with van der Waals surface area (Å²) in [6.45, 7) is 12.6. The SMILES string of the molecule is CCN1CCN(C(C)CNCc2cccc(OCc3ccccc3C#N)c2)CC1. The van der Waals surface area contributed by atoms with E-state index >= 15 is 0 Å². The maximum Gasteiger partial charge on any atom is 0.120 e. The van der Waals surface area contributed by atoms with E-state index in [1.165, 1.54) is 18.7 Å². The highest BCUT2D eigenvalue weighted by Gasteiger charge is 2.19. The number of nitrogens with zero attached hydrogens (tertiary/aromatic N) is 3. The Morgan fingerprint density at radius 2 is 1.90 bits per heavy atom. The molecule has 1 aliphatic rings. The normalized spacial score (nSPS) is 16.3. The molecule has 0 amide bonds. The highest BCUT2D eigenvalue weighted by Crippen LogP contribution is 2.17.